The molecule has 1 aromatic heterocycles. The van der Waals surface area contributed by atoms with E-state index >= 15 is 0 Å². The maximum Gasteiger partial charge on any atom is 0.237 e. The summed E-state index contributed by atoms with van der Waals surface area (Å²) >= 11 is 0. The fraction of sp³-hybridized carbons (Fsp3) is 0.0909. The monoisotopic (exact) mass is 218 g/mol. The summed E-state index contributed by atoms with van der Waals surface area (Å²) in [7, 11) is 0. The van der Waals surface area contributed by atoms with Gasteiger partial charge in [0.2, 0.25) is 5.95 Å². The minimum atomic E-state index is -0.272. The Morgan fingerprint density at radius 3 is 2.50 bits per heavy atom. The number of halogens is 1. The average molecular weight is 218 g/mol. The SMILES string of the molecule is Cc1cc(-c2ccc(F)cc2)nc(NN)n1. The number of nitrogens with two attached hydrogens (primary N) is 1. The molecule has 0 aliphatic rings. The van der Waals surface area contributed by atoms with Crippen molar-refractivity contribution in [3.8, 4) is 11.3 Å². The predicted molar refractivity (Wildman–Crippen MR) is 60.0 cm³/mol. The summed E-state index contributed by atoms with van der Waals surface area (Å²) in [6.45, 7) is 1.84. The number of anilines is 1. The first kappa shape index (κ1) is 10.5. The molecule has 0 saturated carbocycles. The summed E-state index contributed by atoms with van der Waals surface area (Å²) in [6.07, 6.45) is 0. The van der Waals surface area contributed by atoms with Gasteiger partial charge in [0, 0.05) is 11.3 Å². The van der Waals surface area contributed by atoms with Crippen molar-refractivity contribution in [2.24, 2.45) is 5.84 Å². The number of nitrogens with one attached hydrogen (secondary N) is 1. The van der Waals surface area contributed by atoms with E-state index in [9.17, 15) is 4.39 Å². The molecule has 0 unspecified atom stereocenters. The molecule has 0 spiro atoms. The zero-order valence-electron chi connectivity index (χ0n) is 8.74. The third-order valence-electron chi connectivity index (χ3n) is 2.12. The van der Waals surface area contributed by atoms with Crippen LogP contribution >= 0.6 is 0 Å². The highest BCUT2D eigenvalue weighted by Gasteiger charge is 2.03. The number of hydrazine groups is 1. The van der Waals surface area contributed by atoms with Crippen LogP contribution in [0.3, 0.4) is 0 Å². The molecule has 0 amide bonds. The quantitative estimate of drug-likeness (QED) is 0.596. The Morgan fingerprint density at radius 2 is 1.88 bits per heavy atom. The van der Waals surface area contributed by atoms with E-state index in [1.54, 1.807) is 12.1 Å². The van der Waals surface area contributed by atoms with Crippen molar-refractivity contribution in [2.45, 2.75) is 6.92 Å². The van der Waals surface area contributed by atoms with Crippen molar-refractivity contribution < 1.29 is 4.39 Å². The molecule has 4 nitrogen and oxygen atoms in total. The smallest absolute Gasteiger partial charge is 0.237 e. The fourth-order valence-electron chi connectivity index (χ4n) is 1.40. The molecule has 0 saturated heterocycles. The van der Waals surface area contributed by atoms with Crippen molar-refractivity contribution in [2.75, 3.05) is 5.43 Å². The zero-order valence-corrected chi connectivity index (χ0v) is 8.74. The highest BCUT2D eigenvalue weighted by atomic mass is 19.1. The molecule has 0 atom stereocenters. The van der Waals surface area contributed by atoms with Crippen LogP contribution in [-0.2, 0) is 0 Å². The van der Waals surface area contributed by atoms with Crippen LogP contribution < -0.4 is 11.3 Å². The van der Waals surface area contributed by atoms with E-state index in [0.717, 1.165) is 11.3 Å². The van der Waals surface area contributed by atoms with Crippen molar-refractivity contribution in [3.63, 3.8) is 0 Å². The number of benzene rings is 1. The largest absolute Gasteiger partial charge is 0.292 e. The lowest BCUT2D eigenvalue weighted by Gasteiger charge is -2.05. The van der Waals surface area contributed by atoms with Gasteiger partial charge in [-0.25, -0.2) is 20.2 Å². The predicted octanol–water partition coefficient (Wildman–Crippen LogP) is 1.88. The molecule has 3 N–H and O–H groups in total. The van der Waals surface area contributed by atoms with Gasteiger partial charge in [0.25, 0.3) is 0 Å². The van der Waals surface area contributed by atoms with Gasteiger partial charge in [-0.05, 0) is 37.3 Å². The number of aryl methyl sites for hydroxylation is 1. The summed E-state index contributed by atoms with van der Waals surface area (Å²) in [5.74, 6) is 5.33. The molecule has 82 valence electrons. The fourth-order valence-corrected chi connectivity index (χ4v) is 1.40. The van der Waals surface area contributed by atoms with Crippen LogP contribution in [0.1, 0.15) is 5.69 Å². The molecule has 2 rings (SSSR count). The molecule has 1 aromatic carbocycles. The van der Waals surface area contributed by atoms with Crippen LogP contribution in [0.5, 0.6) is 0 Å². The lowest BCUT2D eigenvalue weighted by molar-refractivity contribution is 0.628. The van der Waals surface area contributed by atoms with Crippen LogP contribution in [0.25, 0.3) is 11.3 Å². The standard InChI is InChI=1S/C11H11FN4/c1-7-6-10(15-11(14-7)16-13)8-2-4-9(12)5-3-8/h2-6H,13H2,1H3,(H,14,15,16). The summed E-state index contributed by atoms with van der Waals surface area (Å²) < 4.78 is 12.8. The molecule has 0 fully saturated rings. The Bertz CT molecular complexity index is 496. The van der Waals surface area contributed by atoms with Gasteiger partial charge in [-0.1, -0.05) is 0 Å². The summed E-state index contributed by atoms with van der Waals surface area (Å²) in [4.78, 5) is 8.26. The van der Waals surface area contributed by atoms with Gasteiger partial charge >= 0.3 is 0 Å². The van der Waals surface area contributed by atoms with Crippen molar-refractivity contribution in [3.05, 3.63) is 41.8 Å². The van der Waals surface area contributed by atoms with Gasteiger partial charge in [0.1, 0.15) is 5.82 Å². The first-order valence-electron chi connectivity index (χ1n) is 4.77. The molecule has 16 heavy (non-hydrogen) atoms. The van der Waals surface area contributed by atoms with Gasteiger partial charge in [0.15, 0.2) is 0 Å². The van der Waals surface area contributed by atoms with E-state index < -0.39 is 0 Å². The normalized spacial score (nSPS) is 10.2. The van der Waals surface area contributed by atoms with E-state index in [4.69, 9.17) is 5.84 Å². The summed E-state index contributed by atoms with van der Waals surface area (Å²) in [5, 5.41) is 0. The second kappa shape index (κ2) is 4.24. The zero-order chi connectivity index (χ0) is 11.5. The Balaban J connectivity index is 2.47. The van der Waals surface area contributed by atoms with Crippen LogP contribution in [0.15, 0.2) is 30.3 Å². The van der Waals surface area contributed by atoms with Gasteiger partial charge in [-0.3, -0.25) is 5.43 Å². The topological polar surface area (TPSA) is 63.8 Å². The number of hydrogen-bond donors (Lipinski definition) is 2. The first-order chi connectivity index (χ1) is 7.69. The minimum absolute atomic E-state index is 0.272. The third-order valence-corrected chi connectivity index (χ3v) is 2.12. The van der Waals surface area contributed by atoms with Crippen LogP contribution in [-0.4, -0.2) is 9.97 Å². The molecule has 5 heteroatoms. The molecule has 1 heterocycles. The number of hydrogen-bond acceptors (Lipinski definition) is 4. The second-order valence-electron chi connectivity index (χ2n) is 3.37. The summed E-state index contributed by atoms with van der Waals surface area (Å²) in [6, 6.07) is 7.92. The average Bonchev–Trinajstić information content (AvgIpc) is 2.29. The van der Waals surface area contributed by atoms with Crippen LogP contribution in [0, 0.1) is 12.7 Å². The molecule has 0 aliphatic heterocycles. The molecule has 0 bridgehead atoms. The Labute approximate surface area is 92.3 Å². The van der Waals surface area contributed by atoms with Crippen LogP contribution in [0.2, 0.25) is 0 Å². The number of aromatic nitrogens is 2. The van der Waals surface area contributed by atoms with Gasteiger partial charge in [-0.15, -0.1) is 0 Å². The summed E-state index contributed by atoms with van der Waals surface area (Å²) in [5.41, 5.74) is 4.72. The highest BCUT2D eigenvalue weighted by molar-refractivity contribution is 5.60. The van der Waals surface area contributed by atoms with E-state index in [1.807, 2.05) is 13.0 Å². The third kappa shape index (κ3) is 2.14. The van der Waals surface area contributed by atoms with Crippen molar-refractivity contribution >= 4 is 5.95 Å². The van der Waals surface area contributed by atoms with Gasteiger partial charge < -0.3 is 0 Å². The number of nitrogen functional groups attached to an aromatic ring is 1. The van der Waals surface area contributed by atoms with Gasteiger partial charge in [-0.2, -0.15) is 0 Å². The van der Waals surface area contributed by atoms with Gasteiger partial charge in [0.05, 0.1) is 5.69 Å². The van der Waals surface area contributed by atoms with Crippen molar-refractivity contribution in [1.29, 1.82) is 0 Å². The second-order valence-corrected chi connectivity index (χ2v) is 3.37. The Kier molecular flexibility index (Phi) is 2.78. The highest BCUT2D eigenvalue weighted by Crippen LogP contribution is 2.19. The molecular formula is C11H11FN4. The Morgan fingerprint density at radius 1 is 1.19 bits per heavy atom. The van der Waals surface area contributed by atoms with E-state index in [2.05, 4.69) is 15.4 Å². The number of nitrogens with zero attached hydrogens (tertiary/aromatic N) is 2. The first-order valence-corrected chi connectivity index (χ1v) is 4.77. The van der Waals surface area contributed by atoms with E-state index in [1.165, 1.54) is 12.1 Å². The minimum Gasteiger partial charge on any atom is -0.292 e. The molecule has 0 aliphatic carbocycles. The van der Waals surface area contributed by atoms with E-state index in [-0.39, 0.29) is 5.82 Å². The molecule has 2 aromatic rings. The lowest BCUT2D eigenvalue weighted by atomic mass is 10.1. The maximum absolute atomic E-state index is 12.8. The molecule has 0 radical (unpaired) electrons. The number of rotatable bonds is 2. The Hall–Kier alpha value is -2.01. The van der Waals surface area contributed by atoms with Crippen LogP contribution in [0.4, 0.5) is 10.3 Å². The lowest BCUT2D eigenvalue weighted by Crippen LogP contribution is -2.11. The maximum atomic E-state index is 12.8. The molecular weight excluding hydrogens is 207 g/mol. The van der Waals surface area contributed by atoms with E-state index in [0.29, 0.717) is 11.6 Å². The van der Waals surface area contributed by atoms with Crippen molar-refractivity contribution in [1.82, 2.24) is 9.97 Å².